The van der Waals surface area contributed by atoms with Gasteiger partial charge < -0.3 is 14.9 Å². The molecule has 4 rings (SSSR count). The summed E-state index contributed by atoms with van der Waals surface area (Å²) in [6, 6.07) is 8.64. The third kappa shape index (κ3) is 3.19. The normalized spacial score (nSPS) is 11.0. The summed E-state index contributed by atoms with van der Waals surface area (Å²) in [6.07, 6.45) is 8.53. The van der Waals surface area contributed by atoms with Gasteiger partial charge in [0.15, 0.2) is 0 Å². The van der Waals surface area contributed by atoms with E-state index in [1.807, 2.05) is 12.1 Å². The standard InChI is InChI=1S/C19H16FN5O/c20-16-8-13(3-4-17(16)25-7-6-21-12-25)10-23-18(26)9-14-11-24-19-15(14)2-1-5-22-19/h1-8,11-12H,9-10H2,(H,22,24)(H,23,26). The minimum Gasteiger partial charge on any atom is -0.352 e. The SMILES string of the molecule is O=C(Cc1c[nH]c2ncccc12)NCc1ccc(-n2ccnc2)c(F)c1. The summed E-state index contributed by atoms with van der Waals surface area (Å²) in [7, 11) is 0. The van der Waals surface area contributed by atoms with E-state index in [-0.39, 0.29) is 24.7 Å². The number of hydrogen-bond acceptors (Lipinski definition) is 3. The number of pyridine rings is 1. The van der Waals surface area contributed by atoms with Gasteiger partial charge in [-0.1, -0.05) is 6.07 Å². The van der Waals surface area contributed by atoms with Crippen molar-refractivity contribution in [2.45, 2.75) is 13.0 Å². The van der Waals surface area contributed by atoms with Crippen molar-refractivity contribution in [3.05, 3.63) is 78.4 Å². The molecule has 0 atom stereocenters. The van der Waals surface area contributed by atoms with Gasteiger partial charge >= 0.3 is 0 Å². The lowest BCUT2D eigenvalue weighted by atomic mass is 10.1. The number of imidazole rings is 1. The van der Waals surface area contributed by atoms with Crippen LogP contribution in [-0.2, 0) is 17.8 Å². The summed E-state index contributed by atoms with van der Waals surface area (Å²) in [4.78, 5) is 23.4. The largest absolute Gasteiger partial charge is 0.352 e. The molecule has 130 valence electrons. The Hall–Kier alpha value is -3.48. The molecule has 1 aromatic carbocycles. The summed E-state index contributed by atoms with van der Waals surface area (Å²) >= 11 is 0. The fraction of sp³-hybridized carbons (Fsp3) is 0.105. The first-order chi connectivity index (χ1) is 12.7. The molecule has 0 saturated heterocycles. The lowest BCUT2D eigenvalue weighted by molar-refractivity contribution is -0.120. The number of carbonyl (C=O) groups is 1. The second-order valence-corrected chi connectivity index (χ2v) is 5.92. The van der Waals surface area contributed by atoms with E-state index < -0.39 is 0 Å². The molecule has 0 spiro atoms. The first kappa shape index (κ1) is 16.0. The molecular formula is C19H16FN5O. The number of rotatable bonds is 5. The number of amides is 1. The Morgan fingerprint density at radius 1 is 1.27 bits per heavy atom. The van der Waals surface area contributed by atoms with E-state index in [0.29, 0.717) is 11.3 Å². The van der Waals surface area contributed by atoms with Gasteiger partial charge in [-0.2, -0.15) is 0 Å². The van der Waals surface area contributed by atoms with Gasteiger partial charge in [0.1, 0.15) is 11.5 Å². The first-order valence-electron chi connectivity index (χ1n) is 8.15. The van der Waals surface area contributed by atoms with E-state index in [1.54, 1.807) is 41.5 Å². The van der Waals surface area contributed by atoms with E-state index in [4.69, 9.17) is 0 Å². The quantitative estimate of drug-likeness (QED) is 0.582. The second-order valence-electron chi connectivity index (χ2n) is 5.92. The highest BCUT2D eigenvalue weighted by atomic mass is 19.1. The van der Waals surface area contributed by atoms with E-state index in [2.05, 4.69) is 20.3 Å². The summed E-state index contributed by atoms with van der Waals surface area (Å²) in [5.74, 6) is -0.494. The number of H-pyrrole nitrogens is 1. The molecule has 7 heteroatoms. The number of nitrogens with one attached hydrogen (secondary N) is 2. The Morgan fingerprint density at radius 2 is 2.19 bits per heavy atom. The van der Waals surface area contributed by atoms with Crippen molar-refractivity contribution in [3.63, 3.8) is 0 Å². The topological polar surface area (TPSA) is 75.6 Å². The molecule has 3 aromatic heterocycles. The van der Waals surface area contributed by atoms with Gasteiger partial charge in [-0.25, -0.2) is 14.4 Å². The fourth-order valence-corrected chi connectivity index (χ4v) is 2.87. The van der Waals surface area contributed by atoms with Crippen molar-refractivity contribution < 1.29 is 9.18 Å². The number of benzene rings is 1. The van der Waals surface area contributed by atoms with Gasteiger partial charge in [0.05, 0.1) is 18.4 Å². The van der Waals surface area contributed by atoms with Gasteiger partial charge in [-0.15, -0.1) is 0 Å². The van der Waals surface area contributed by atoms with Gasteiger partial charge in [0.25, 0.3) is 0 Å². The zero-order valence-electron chi connectivity index (χ0n) is 13.8. The van der Waals surface area contributed by atoms with Crippen molar-refractivity contribution in [1.82, 2.24) is 24.8 Å². The lowest BCUT2D eigenvalue weighted by Gasteiger charge is -2.08. The van der Waals surface area contributed by atoms with Gasteiger partial charge in [-0.3, -0.25) is 4.79 Å². The summed E-state index contributed by atoms with van der Waals surface area (Å²) in [5.41, 5.74) is 2.75. The van der Waals surface area contributed by atoms with Crippen LogP contribution in [0.2, 0.25) is 0 Å². The highest BCUT2D eigenvalue weighted by Crippen LogP contribution is 2.17. The third-order valence-corrected chi connectivity index (χ3v) is 4.17. The third-order valence-electron chi connectivity index (χ3n) is 4.17. The maximum Gasteiger partial charge on any atom is 0.224 e. The number of aromatic amines is 1. The van der Waals surface area contributed by atoms with Crippen molar-refractivity contribution >= 4 is 16.9 Å². The Kier molecular flexibility index (Phi) is 4.18. The van der Waals surface area contributed by atoms with Crippen LogP contribution in [0, 0.1) is 5.82 Å². The van der Waals surface area contributed by atoms with Crippen LogP contribution in [0.1, 0.15) is 11.1 Å². The summed E-state index contributed by atoms with van der Waals surface area (Å²) < 4.78 is 15.8. The highest BCUT2D eigenvalue weighted by Gasteiger charge is 2.10. The summed E-state index contributed by atoms with van der Waals surface area (Å²) in [5, 5.41) is 3.75. The van der Waals surface area contributed by atoms with E-state index in [1.165, 1.54) is 12.4 Å². The molecular weight excluding hydrogens is 333 g/mol. The number of fused-ring (bicyclic) bond motifs is 1. The molecule has 0 saturated carbocycles. The monoisotopic (exact) mass is 349 g/mol. The van der Waals surface area contributed by atoms with E-state index in [9.17, 15) is 9.18 Å². The molecule has 2 N–H and O–H groups in total. The Balaban J connectivity index is 1.41. The van der Waals surface area contributed by atoms with Crippen LogP contribution < -0.4 is 5.32 Å². The smallest absolute Gasteiger partial charge is 0.224 e. The molecule has 0 unspecified atom stereocenters. The Morgan fingerprint density at radius 3 is 3.00 bits per heavy atom. The number of hydrogen-bond donors (Lipinski definition) is 2. The van der Waals surface area contributed by atoms with Crippen molar-refractivity contribution in [2.75, 3.05) is 0 Å². The number of halogens is 1. The van der Waals surface area contributed by atoms with Crippen molar-refractivity contribution in [2.24, 2.45) is 0 Å². The van der Waals surface area contributed by atoms with E-state index in [0.717, 1.165) is 16.6 Å². The van der Waals surface area contributed by atoms with Crippen LogP contribution in [-0.4, -0.2) is 25.4 Å². The second kappa shape index (κ2) is 6.79. The molecule has 0 bridgehead atoms. The molecule has 3 heterocycles. The van der Waals surface area contributed by atoms with Crippen LogP contribution >= 0.6 is 0 Å². The number of carbonyl (C=O) groups excluding carboxylic acids is 1. The average Bonchev–Trinajstić information content (AvgIpc) is 3.31. The van der Waals surface area contributed by atoms with Crippen LogP contribution in [0.15, 0.2) is 61.4 Å². The van der Waals surface area contributed by atoms with Gasteiger partial charge in [0, 0.05) is 36.7 Å². The van der Waals surface area contributed by atoms with Crippen LogP contribution in [0.5, 0.6) is 0 Å². The molecule has 4 aromatic rings. The van der Waals surface area contributed by atoms with Crippen molar-refractivity contribution in [1.29, 1.82) is 0 Å². The Labute approximate surface area is 148 Å². The zero-order valence-corrected chi connectivity index (χ0v) is 13.8. The maximum atomic E-state index is 14.2. The first-order valence-corrected chi connectivity index (χ1v) is 8.15. The molecule has 0 aliphatic heterocycles. The van der Waals surface area contributed by atoms with Crippen LogP contribution in [0.25, 0.3) is 16.7 Å². The van der Waals surface area contributed by atoms with E-state index >= 15 is 0 Å². The molecule has 0 aliphatic rings. The predicted octanol–water partition coefficient (Wildman–Crippen LogP) is 2.75. The van der Waals surface area contributed by atoms with Crippen LogP contribution in [0.4, 0.5) is 4.39 Å². The molecule has 0 radical (unpaired) electrons. The molecule has 0 fully saturated rings. The lowest BCUT2D eigenvalue weighted by Crippen LogP contribution is -2.24. The minimum atomic E-state index is -0.363. The molecule has 0 aliphatic carbocycles. The van der Waals surface area contributed by atoms with Crippen LogP contribution in [0.3, 0.4) is 0 Å². The molecule has 6 nitrogen and oxygen atoms in total. The van der Waals surface area contributed by atoms with Gasteiger partial charge in [0.2, 0.25) is 5.91 Å². The van der Waals surface area contributed by atoms with Gasteiger partial charge in [-0.05, 0) is 35.4 Å². The average molecular weight is 349 g/mol. The number of aromatic nitrogens is 4. The minimum absolute atomic E-state index is 0.131. The zero-order chi connectivity index (χ0) is 17.9. The molecule has 1 amide bonds. The van der Waals surface area contributed by atoms with Crippen molar-refractivity contribution in [3.8, 4) is 5.69 Å². The maximum absolute atomic E-state index is 14.2. The highest BCUT2D eigenvalue weighted by molar-refractivity contribution is 5.87. The number of nitrogens with zero attached hydrogens (tertiary/aromatic N) is 3. The predicted molar refractivity (Wildman–Crippen MR) is 95.2 cm³/mol. The fourth-order valence-electron chi connectivity index (χ4n) is 2.87. The summed E-state index contributed by atoms with van der Waals surface area (Å²) in [6.45, 7) is 0.264. The molecule has 26 heavy (non-hydrogen) atoms. The Bertz CT molecular complexity index is 1050.